The summed E-state index contributed by atoms with van der Waals surface area (Å²) in [4.78, 5) is 45.0. The van der Waals surface area contributed by atoms with Gasteiger partial charge in [0.25, 0.3) is 5.91 Å². The molecule has 1 aromatic rings. The lowest BCUT2D eigenvalue weighted by molar-refractivity contribution is -0.149. The molecule has 0 saturated heterocycles. The minimum atomic E-state index is -0.0110. The molecule has 2 rings (SSSR count). The molecular weight excluding hydrogens is 570 g/mol. The zero-order valence-electron chi connectivity index (χ0n) is 28.8. The van der Waals surface area contributed by atoms with E-state index in [0.717, 1.165) is 85.2 Å². The predicted molar refractivity (Wildman–Crippen MR) is 183 cm³/mol. The number of ether oxygens (including phenoxy) is 1. The minimum Gasteiger partial charge on any atom is -0.465 e. The number of nitrogens with zero attached hydrogens (tertiary/aromatic N) is 2. The third-order valence-corrected chi connectivity index (χ3v) is 9.94. The first-order valence-electron chi connectivity index (χ1n) is 17.8. The van der Waals surface area contributed by atoms with Crippen molar-refractivity contribution < 1.29 is 19.1 Å². The van der Waals surface area contributed by atoms with E-state index in [1.165, 1.54) is 51.4 Å². The maximum absolute atomic E-state index is 13.0. The molecular formula is C36H63N3O4S. The first-order chi connectivity index (χ1) is 21.3. The number of nitrogens with one attached hydrogen (secondary N) is 1. The molecule has 0 spiro atoms. The SMILES string of the molecule is CCCCCCCCC(CCCCCC)C(=O)OCCCCCC(=O)N1CCc2c(sc(C)c2C(=O)NCCCN(C)C)C1. The number of rotatable bonds is 24. The Balaban J connectivity index is 1.69. The van der Waals surface area contributed by atoms with Gasteiger partial charge in [0.15, 0.2) is 0 Å². The van der Waals surface area contributed by atoms with Crippen LogP contribution in [0.5, 0.6) is 0 Å². The van der Waals surface area contributed by atoms with Crippen LogP contribution in [0.4, 0.5) is 0 Å². The van der Waals surface area contributed by atoms with Crippen LogP contribution in [0.2, 0.25) is 0 Å². The highest BCUT2D eigenvalue weighted by Crippen LogP contribution is 2.33. The van der Waals surface area contributed by atoms with E-state index in [-0.39, 0.29) is 23.7 Å². The van der Waals surface area contributed by atoms with Crippen molar-refractivity contribution in [3.63, 3.8) is 0 Å². The van der Waals surface area contributed by atoms with Crippen molar-refractivity contribution in [1.29, 1.82) is 0 Å². The van der Waals surface area contributed by atoms with Gasteiger partial charge < -0.3 is 19.9 Å². The van der Waals surface area contributed by atoms with Gasteiger partial charge in [-0.2, -0.15) is 0 Å². The fourth-order valence-corrected chi connectivity index (χ4v) is 7.34. The van der Waals surface area contributed by atoms with Gasteiger partial charge in [-0.25, -0.2) is 0 Å². The molecule has 0 saturated carbocycles. The Kier molecular flexibility index (Phi) is 19.6. The van der Waals surface area contributed by atoms with E-state index >= 15 is 0 Å². The number of hydrogen-bond acceptors (Lipinski definition) is 6. The topological polar surface area (TPSA) is 79.0 Å². The normalized spacial score (nSPS) is 13.6. The molecule has 0 bridgehead atoms. The smallest absolute Gasteiger partial charge is 0.308 e. The molecule has 1 unspecified atom stereocenters. The van der Waals surface area contributed by atoms with Crippen molar-refractivity contribution in [2.24, 2.45) is 5.92 Å². The number of carbonyl (C=O) groups excluding carboxylic acids is 3. The standard InChI is InChI=1S/C36H63N3O4S/c1-6-8-10-12-13-16-21-30(20-15-11-9-7-2)36(42)43-27-18-14-17-22-33(40)39-26-23-31-32(28-39)44-29(3)34(31)35(41)37-24-19-25-38(4)5/h30H,6-28H2,1-5H3,(H,37,41). The summed E-state index contributed by atoms with van der Waals surface area (Å²) in [6, 6.07) is 0. The molecule has 0 fully saturated rings. The molecule has 7 nitrogen and oxygen atoms in total. The molecule has 1 aromatic heterocycles. The molecule has 0 aromatic carbocycles. The van der Waals surface area contributed by atoms with Crippen LogP contribution in [-0.4, -0.2) is 67.9 Å². The second-order valence-electron chi connectivity index (χ2n) is 13.0. The van der Waals surface area contributed by atoms with E-state index < -0.39 is 0 Å². The molecule has 252 valence electrons. The average Bonchev–Trinajstić information content (AvgIpc) is 3.34. The van der Waals surface area contributed by atoms with Crippen molar-refractivity contribution in [2.75, 3.05) is 40.3 Å². The zero-order valence-corrected chi connectivity index (χ0v) is 29.6. The monoisotopic (exact) mass is 633 g/mol. The van der Waals surface area contributed by atoms with Gasteiger partial charge in [0.2, 0.25) is 5.91 Å². The number of hydrogen-bond donors (Lipinski definition) is 1. The van der Waals surface area contributed by atoms with Crippen LogP contribution in [0.25, 0.3) is 0 Å². The van der Waals surface area contributed by atoms with Crippen LogP contribution in [0.1, 0.15) is 149 Å². The van der Waals surface area contributed by atoms with Crippen LogP contribution in [0.15, 0.2) is 0 Å². The quantitative estimate of drug-likeness (QED) is 0.0920. The van der Waals surface area contributed by atoms with Crippen molar-refractivity contribution in [3.8, 4) is 0 Å². The number of thiophene rings is 1. The summed E-state index contributed by atoms with van der Waals surface area (Å²) in [5.41, 5.74) is 1.95. The van der Waals surface area contributed by atoms with Crippen molar-refractivity contribution >= 4 is 29.1 Å². The Hall–Kier alpha value is -1.93. The Labute approximate surface area is 272 Å². The van der Waals surface area contributed by atoms with Crippen molar-refractivity contribution in [3.05, 3.63) is 20.9 Å². The summed E-state index contributed by atoms with van der Waals surface area (Å²) in [5.74, 6) is 0.228. The predicted octanol–water partition coefficient (Wildman–Crippen LogP) is 8.06. The Bertz CT molecular complexity index is 977. The summed E-state index contributed by atoms with van der Waals surface area (Å²) >= 11 is 1.65. The average molecular weight is 634 g/mol. The van der Waals surface area contributed by atoms with Crippen LogP contribution in [0, 0.1) is 12.8 Å². The molecule has 0 radical (unpaired) electrons. The summed E-state index contributed by atoms with van der Waals surface area (Å²) in [6.45, 7) is 9.81. The molecule has 0 aliphatic carbocycles. The van der Waals surface area contributed by atoms with Crippen LogP contribution >= 0.6 is 11.3 Å². The van der Waals surface area contributed by atoms with Crippen LogP contribution in [0.3, 0.4) is 0 Å². The van der Waals surface area contributed by atoms with Gasteiger partial charge in [0, 0.05) is 29.3 Å². The number of amides is 2. The Morgan fingerprint density at radius 1 is 0.886 bits per heavy atom. The van der Waals surface area contributed by atoms with Crippen molar-refractivity contribution in [2.45, 2.75) is 143 Å². The van der Waals surface area contributed by atoms with Gasteiger partial charge in [0.1, 0.15) is 0 Å². The van der Waals surface area contributed by atoms with Gasteiger partial charge in [-0.3, -0.25) is 14.4 Å². The lowest BCUT2D eigenvalue weighted by atomic mass is 9.94. The van der Waals surface area contributed by atoms with E-state index in [1.807, 2.05) is 25.9 Å². The minimum absolute atomic E-state index is 0.0110. The third-order valence-electron chi connectivity index (χ3n) is 8.81. The fourth-order valence-electron chi connectivity index (χ4n) is 6.11. The third kappa shape index (κ3) is 14.4. The maximum Gasteiger partial charge on any atom is 0.308 e. The molecule has 1 aliphatic rings. The van der Waals surface area contributed by atoms with Crippen LogP contribution in [-0.2, 0) is 27.3 Å². The van der Waals surface area contributed by atoms with Gasteiger partial charge in [-0.1, -0.05) is 78.1 Å². The Morgan fingerprint density at radius 2 is 1.52 bits per heavy atom. The molecule has 1 N–H and O–H groups in total. The Morgan fingerprint density at radius 3 is 2.20 bits per heavy atom. The van der Waals surface area contributed by atoms with Crippen molar-refractivity contribution in [1.82, 2.24) is 15.1 Å². The fraction of sp³-hybridized carbons (Fsp3) is 0.806. The highest BCUT2D eigenvalue weighted by Gasteiger charge is 2.28. The molecule has 1 atom stereocenters. The van der Waals surface area contributed by atoms with E-state index in [1.54, 1.807) is 11.3 Å². The number of unbranched alkanes of at least 4 members (excludes halogenated alkanes) is 10. The number of fused-ring (bicyclic) bond motifs is 1. The van der Waals surface area contributed by atoms with Gasteiger partial charge in [-0.05, 0) is 78.1 Å². The van der Waals surface area contributed by atoms with E-state index in [0.29, 0.717) is 32.7 Å². The summed E-state index contributed by atoms with van der Waals surface area (Å²) in [6.07, 6.45) is 18.8. The molecule has 2 heterocycles. The second-order valence-corrected chi connectivity index (χ2v) is 14.3. The lowest BCUT2D eigenvalue weighted by Gasteiger charge is -2.27. The summed E-state index contributed by atoms with van der Waals surface area (Å²) < 4.78 is 5.73. The van der Waals surface area contributed by atoms with E-state index in [9.17, 15) is 14.4 Å². The maximum atomic E-state index is 13.0. The molecule has 44 heavy (non-hydrogen) atoms. The zero-order chi connectivity index (χ0) is 32.2. The number of esters is 1. The first-order valence-corrected chi connectivity index (χ1v) is 18.6. The highest BCUT2D eigenvalue weighted by molar-refractivity contribution is 7.12. The largest absolute Gasteiger partial charge is 0.465 e. The van der Waals surface area contributed by atoms with E-state index in [2.05, 4.69) is 24.1 Å². The second kappa shape index (κ2) is 22.6. The molecule has 1 aliphatic heterocycles. The van der Waals surface area contributed by atoms with E-state index in [4.69, 9.17) is 4.74 Å². The summed E-state index contributed by atoms with van der Waals surface area (Å²) in [5, 5.41) is 3.08. The lowest BCUT2D eigenvalue weighted by Crippen LogP contribution is -2.36. The first kappa shape index (κ1) is 38.3. The summed E-state index contributed by atoms with van der Waals surface area (Å²) in [7, 11) is 4.07. The van der Waals surface area contributed by atoms with Gasteiger partial charge in [0.05, 0.1) is 24.6 Å². The van der Waals surface area contributed by atoms with Gasteiger partial charge in [-0.15, -0.1) is 11.3 Å². The molecule has 8 heteroatoms. The number of carbonyl (C=O) groups is 3. The van der Waals surface area contributed by atoms with Crippen LogP contribution < -0.4 is 5.32 Å². The highest BCUT2D eigenvalue weighted by atomic mass is 32.1. The van der Waals surface area contributed by atoms with Gasteiger partial charge >= 0.3 is 5.97 Å². The molecule has 2 amide bonds. The number of aryl methyl sites for hydroxylation is 1.